The van der Waals surface area contributed by atoms with Crippen molar-refractivity contribution < 1.29 is 9.00 Å². The van der Waals surface area contributed by atoms with E-state index in [1.165, 1.54) is 0 Å². The van der Waals surface area contributed by atoms with Crippen molar-refractivity contribution in [2.24, 2.45) is 0 Å². The number of nitrogens with zero attached hydrogens (tertiary/aromatic N) is 2. The van der Waals surface area contributed by atoms with Gasteiger partial charge in [0.05, 0.1) is 22.9 Å². The molecule has 2 N–H and O–H groups in total. The number of hydrogen-bond acceptors (Lipinski definition) is 5. The lowest BCUT2D eigenvalue weighted by Crippen LogP contribution is -2.25. The second-order valence-corrected chi connectivity index (χ2v) is 9.63. The Labute approximate surface area is 195 Å². The van der Waals surface area contributed by atoms with Crippen LogP contribution in [0.15, 0.2) is 53.4 Å². The Morgan fingerprint density at radius 2 is 1.97 bits per heavy atom. The number of carbonyl (C=O) groups is 1. The minimum atomic E-state index is -1.15. The first-order chi connectivity index (χ1) is 15.5. The lowest BCUT2D eigenvalue weighted by molar-refractivity contribution is -0.120. The van der Waals surface area contributed by atoms with Crippen LogP contribution >= 0.6 is 11.6 Å². The molecule has 2 heterocycles. The average molecular weight is 469 g/mol. The van der Waals surface area contributed by atoms with Crippen LogP contribution in [0, 0.1) is 0 Å². The number of halogens is 1. The van der Waals surface area contributed by atoms with Crippen LogP contribution in [-0.2, 0) is 28.4 Å². The molecule has 0 radical (unpaired) electrons. The van der Waals surface area contributed by atoms with E-state index in [-0.39, 0.29) is 5.91 Å². The standard InChI is InChI=1S/C24H25ClN4O2S/c1-2-12-26-21(30)14-16-8-10-19(11-9-16)27-24-22-20(7-4-13-32(22)31)28-23(29-24)17-5-3-6-18(25)15-17/h3,5-6,8-11,15H,2,4,7,12-14H2,1H3,(H,26,30)(H,27,28,29). The van der Waals surface area contributed by atoms with E-state index in [1.54, 1.807) is 0 Å². The molecule has 1 aliphatic heterocycles. The van der Waals surface area contributed by atoms with Crippen LogP contribution in [0.25, 0.3) is 11.4 Å². The van der Waals surface area contributed by atoms with Crippen molar-refractivity contribution in [1.82, 2.24) is 15.3 Å². The van der Waals surface area contributed by atoms with Gasteiger partial charge in [0.1, 0.15) is 4.90 Å². The number of aryl methyl sites for hydroxylation is 1. The topological polar surface area (TPSA) is 84.0 Å². The van der Waals surface area contributed by atoms with Crippen molar-refractivity contribution in [3.8, 4) is 11.4 Å². The quantitative estimate of drug-likeness (QED) is 0.526. The van der Waals surface area contributed by atoms with Gasteiger partial charge in [-0.05, 0) is 49.1 Å². The molecule has 1 aliphatic rings. The molecule has 1 amide bonds. The number of nitrogens with one attached hydrogen (secondary N) is 2. The fraction of sp³-hybridized carbons (Fsp3) is 0.292. The highest BCUT2D eigenvalue weighted by Crippen LogP contribution is 2.32. The highest BCUT2D eigenvalue weighted by atomic mass is 35.5. The Balaban J connectivity index is 1.62. The van der Waals surface area contributed by atoms with E-state index in [0.717, 1.165) is 41.8 Å². The summed E-state index contributed by atoms with van der Waals surface area (Å²) in [4.78, 5) is 22.0. The molecule has 3 aromatic rings. The molecule has 8 heteroatoms. The molecule has 1 unspecified atom stereocenters. The van der Waals surface area contributed by atoms with Crippen molar-refractivity contribution >= 4 is 39.8 Å². The van der Waals surface area contributed by atoms with E-state index in [4.69, 9.17) is 21.6 Å². The van der Waals surface area contributed by atoms with Crippen molar-refractivity contribution in [2.75, 3.05) is 17.6 Å². The summed E-state index contributed by atoms with van der Waals surface area (Å²) in [5.41, 5.74) is 3.36. The molecule has 6 nitrogen and oxygen atoms in total. The number of hydrogen-bond donors (Lipinski definition) is 2. The fourth-order valence-electron chi connectivity index (χ4n) is 3.57. The van der Waals surface area contributed by atoms with Gasteiger partial charge in [-0.15, -0.1) is 0 Å². The van der Waals surface area contributed by atoms with Crippen LogP contribution in [0.3, 0.4) is 0 Å². The maximum Gasteiger partial charge on any atom is 0.224 e. The second-order valence-electron chi connectivity index (χ2n) is 7.68. The predicted molar refractivity (Wildman–Crippen MR) is 129 cm³/mol. The van der Waals surface area contributed by atoms with Gasteiger partial charge in [0.15, 0.2) is 11.6 Å². The summed E-state index contributed by atoms with van der Waals surface area (Å²) in [5.74, 6) is 1.72. The number of rotatable bonds is 7. The molecule has 2 aromatic carbocycles. The maximum absolute atomic E-state index is 12.8. The zero-order valence-electron chi connectivity index (χ0n) is 17.9. The monoisotopic (exact) mass is 468 g/mol. The summed E-state index contributed by atoms with van der Waals surface area (Å²) in [6.45, 7) is 2.71. The van der Waals surface area contributed by atoms with Crippen molar-refractivity contribution in [3.63, 3.8) is 0 Å². The first kappa shape index (κ1) is 22.4. The second kappa shape index (κ2) is 10.2. The van der Waals surface area contributed by atoms with Crippen LogP contribution in [0.2, 0.25) is 5.02 Å². The maximum atomic E-state index is 12.8. The SMILES string of the molecule is CCCNC(=O)Cc1ccc(Nc2nc(-c3cccc(Cl)c3)nc3c2S(=O)CCC3)cc1. The molecule has 32 heavy (non-hydrogen) atoms. The van der Waals surface area contributed by atoms with Crippen molar-refractivity contribution in [3.05, 3.63) is 64.8 Å². The Bertz CT molecular complexity index is 1150. The van der Waals surface area contributed by atoms with Gasteiger partial charge in [-0.2, -0.15) is 0 Å². The Hall–Kier alpha value is -2.77. The van der Waals surface area contributed by atoms with E-state index in [2.05, 4.69) is 10.6 Å². The summed E-state index contributed by atoms with van der Waals surface area (Å²) in [6, 6.07) is 15.0. The minimum Gasteiger partial charge on any atom is -0.356 e. The zero-order chi connectivity index (χ0) is 22.5. The highest BCUT2D eigenvalue weighted by Gasteiger charge is 2.24. The molecular weight excluding hydrogens is 444 g/mol. The Kier molecular flexibility index (Phi) is 7.17. The predicted octanol–water partition coefficient (Wildman–Crippen LogP) is 4.66. The van der Waals surface area contributed by atoms with Gasteiger partial charge < -0.3 is 10.6 Å². The number of fused-ring (bicyclic) bond motifs is 1. The third kappa shape index (κ3) is 5.34. The van der Waals surface area contributed by atoms with Gasteiger partial charge in [-0.3, -0.25) is 9.00 Å². The van der Waals surface area contributed by atoms with E-state index < -0.39 is 10.8 Å². The summed E-state index contributed by atoms with van der Waals surface area (Å²) in [5, 5.41) is 6.82. The lowest BCUT2D eigenvalue weighted by atomic mass is 10.1. The lowest BCUT2D eigenvalue weighted by Gasteiger charge is -2.19. The molecule has 0 saturated carbocycles. The molecule has 166 valence electrons. The fourth-order valence-corrected chi connectivity index (χ4v) is 5.10. The van der Waals surface area contributed by atoms with Gasteiger partial charge in [-0.25, -0.2) is 9.97 Å². The van der Waals surface area contributed by atoms with Crippen molar-refractivity contribution in [2.45, 2.75) is 37.5 Å². The number of carbonyl (C=O) groups excluding carboxylic acids is 1. The van der Waals surface area contributed by atoms with Crippen LogP contribution in [0.4, 0.5) is 11.5 Å². The van der Waals surface area contributed by atoms with Gasteiger partial charge in [-0.1, -0.05) is 42.8 Å². The summed E-state index contributed by atoms with van der Waals surface area (Å²) < 4.78 is 12.8. The number of amides is 1. The molecule has 1 atom stereocenters. The van der Waals surface area contributed by atoms with Gasteiger partial charge in [0.25, 0.3) is 0 Å². The summed E-state index contributed by atoms with van der Waals surface area (Å²) in [7, 11) is -1.15. The normalized spacial score (nSPS) is 15.1. The van der Waals surface area contributed by atoms with Crippen LogP contribution in [0.5, 0.6) is 0 Å². The summed E-state index contributed by atoms with van der Waals surface area (Å²) in [6.07, 6.45) is 2.85. The molecule has 0 aliphatic carbocycles. The molecular formula is C24H25ClN4O2S. The summed E-state index contributed by atoms with van der Waals surface area (Å²) >= 11 is 6.16. The zero-order valence-corrected chi connectivity index (χ0v) is 19.4. The third-order valence-corrected chi connectivity index (χ3v) is 6.92. The highest BCUT2D eigenvalue weighted by molar-refractivity contribution is 7.85. The smallest absolute Gasteiger partial charge is 0.224 e. The molecule has 1 aromatic heterocycles. The van der Waals surface area contributed by atoms with E-state index in [0.29, 0.717) is 40.3 Å². The number of benzene rings is 2. The minimum absolute atomic E-state index is 0.0130. The van der Waals surface area contributed by atoms with Crippen LogP contribution in [0.1, 0.15) is 31.0 Å². The third-order valence-electron chi connectivity index (χ3n) is 5.14. The van der Waals surface area contributed by atoms with Gasteiger partial charge >= 0.3 is 0 Å². The molecule has 0 spiro atoms. The van der Waals surface area contributed by atoms with E-state index >= 15 is 0 Å². The van der Waals surface area contributed by atoms with Crippen molar-refractivity contribution in [1.29, 1.82) is 0 Å². The van der Waals surface area contributed by atoms with E-state index in [9.17, 15) is 9.00 Å². The first-order valence-corrected chi connectivity index (χ1v) is 12.4. The molecule has 4 rings (SSSR count). The van der Waals surface area contributed by atoms with Gasteiger partial charge in [0.2, 0.25) is 5.91 Å². The van der Waals surface area contributed by atoms with Crippen LogP contribution in [-0.4, -0.2) is 32.4 Å². The molecule has 0 bridgehead atoms. The average Bonchev–Trinajstić information content (AvgIpc) is 2.79. The van der Waals surface area contributed by atoms with E-state index in [1.807, 2.05) is 55.5 Å². The number of aromatic nitrogens is 2. The molecule has 0 saturated heterocycles. The Morgan fingerprint density at radius 3 is 2.72 bits per heavy atom. The first-order valence-electron chi connectivity index (χ1n) is 10.7. The van der Waals surface area contributed by atoms with Crippen LogP contribution < -0.4 is 10.6 Å². The molecule has 0 fully saturated rings. The van der Waals surface area contributed by atoms with Gasteiger partial charge in [0, 0.05) is 28.6 Å². The largest absolute Gasteiger partial charge is 0.356 e. The Morgan fingerprint density at radius 1 is 1.16 bits per heavy atom. The number of anilines is 2.